The Hall–Kier alpha value is -3.67. The molecule has 1 unspecified atom stereocenters. The molecule has 0 radical (unpaired) electrons. The molecule has 1 aliphatic rings. The highest BCUT2D eigenvalue weighted by molar-refractivity contribution is 6.03. The Bertz CT molecular complexity index is 999. The number of nitro groups is 1. The van der Waals surface area contributed by atoms with Gasteiger partial charge in [0.15, 0.2) is 0 Å². The minimum atomic E-state index is -0.382. The third-order valence-corrected chi connectivity index (χ3v) is 4.84. The number of nitrogens with zero attached hydrogens (tertiary/aromatic N) is 3. The number of hydrogen-bond donors (Lipinski definition) is 0. The summed E-state index contributed by atoms with van der Waals surface area (Å²) in [4.78, 5) is 10.6. The molecule has 0 bridgehead atoms. The van der Waals surface area contributed by atoms with Gasteiger partial charge in [-0.15, -0.1) is 0 Å². The predicted octanol–water partition coefficient (Wildman–Crippen LogP) is 4.96. The molecule has 6 nitrogen and oxygen atoms in total. The van der Waals surface area contributed by atoms with Gasteiger partial charge in [0.25, 0.3) is 5.69 Å². The van der Waals surface area contributed by atoms with Crippen molar-refractivity contribution in [2.24, 2.45) is 5.10 Å². The molecule has 6 heteroatoms. The van der Waals surface area contributed by atoms with E-state index in [-0.39, 0.29) is 16.7 Å². The van der Waals surface area contributed by atoms with Crippen LogP contribution in [0.25, 0.3) is 0 Å². The van der Waals surface area contributed by atoms with E-state index in [4.69, 9.17) is 9.84 Å². The van der Waals surface area contributed by atoms with E-state index >= 15 is 0 Å². The summed E-state index contributed by atoms with van der Waals surface area (Å²) in [6, 6.07) is 24.5. The van der Waals surface area contributed by atoms with Crippen molar-refractivity contribution in [1.29, 1.82) is 0 Å². The van der Waals surface area contributed by atoms with E-state index in [1.165, 1.54) is 0 Å². The molecule has 3 aromatic rings. The molecule has 0 N–H and O–H groups in total. The summed E-state index contributed by atoms with van der Waals surface area (Å²) in [5.41, 5.74) is 4.06. The summed E-state index contributed by atoms with van der Waals surface area (Å²) < 4.78 is 5.24. The van der Waals surface area contributed by atoms with Gasteiger partial charge >= 0.3 is 0 Å². The minimum Gasteiger partial charge on any atom is -0.497 e. The summed E-state index contributed by atoms with van der Waals surface area (Å²) in [5, 5.41) is 17.8. The van der Waals surface area contributed by atoms with Gasteiger partial charge in [-0.1, -0.05) is 30.3 Å². The lowest BCUT2D eigenvalue weighted by Gasteiger charge is -2.23. The van der Waals surface area contributed by atoms with Gasteiger partial charge in [-0.3, -0.25) is 15.1 Å². The van der Waals surface area contributed by atoms with Crippen molar-refractivity contribution >= 4 is 17.1 Å². The summed E-state index contributed by atoms with van der Waals surface area (Å²) in [7, 11) is 1.64. The lowest BCUT2D eigenvalue weighted by molar-refractivity contribution is -0.384. The molecule has 0 fully saturated rings. The van der Waals surface area contributed by atoms with Gasteiger partial charge in [0.1, 0.15) is 5.75 Å². The van der Waals surface area contributed by atoms with Crippen LogP contribution in [0.1, 0.15) is 23.6 Å². The Morgan fingerprint density at radius 2 is 1.68 bits per heavy atom. The standard InChI is InChI=1S/C22H19N3O3/c1-28-20-13-9-16(10-14-20)21-15-22(17-7-11-19(12-8-17)25(26)27)24(23-21)18-5-3-2-4-6-18/h2-14,22H,15H2,1H3. The van der Waals surface area contributed by atoms with Crippen LogP contribution >= 0.6 is 0 Å². The molecule has 3 aromatic carbocycles. The highest BCUT2D eigenvalue weighted by atomic mass is 16.6. The largest absolute Gasteiger partial charge is 0.497 e. The Labute approximate surface area is 162 Å². The SMILES string of the molecule is COc1ccc(C2=NN(c3ccccc3)C(c3ccc([N+](=O)[O-])cc3)C2)cc1. The topological polar surface area (TPSA) is 68.0 Å². The van der Waals surface area contributed by atoms with Crippen molar-refractivity contribution in [2.45, 2.75) is 12.5 Å². The van der Waals surface area contributed by atoms with Crippen molar-refractivity contribution in [3.63, 3.8) is 0 Å². The van der Waals surface area contributed by atoms with Gasteiger partial charge in [-0.05, 0) is 47.5 Å². The molecule has 0 aliphatic carbocycles. The molecule has 1 aliphatic heterocycles. The van der Waals surface area contributed by atoms with Crippen LogP contribution in [-0.2, 0) is 0 Å². The Morgan fingerprint density at radius 3 is 2.29 bits per heavy atom. The highest BCUT2D eigenvalue weighted by Crippen LogP contribution is 2.37. The number of hydrogen-bond acceptors (Lipinski definition) is 5. The number of para-hydroxylation sites is 1. The predicted molar refractivity (Wildman–Crippen MR) is 109 cm³/mol. The molecule has 0 saturated heterocycles. The van der Waals surface area contributed by atoms with E-state index in [9.17, 15) is 10.1 Å². The Balaban J connectivity index is 1.70. The summed E-state index contributed by atoms with van der Waals surface area (Å²) >= 11 is 0. The second kappa shape index (κ2) is 7.52. The van der Waals surface area contributed by atoms with Crippen molar-refractivity contribution in [1.82, 2.24) is 0 Å². The number of methoxy groups -OCH3 is 1. The molecular weight excluding hydrogens is 354 g/mol. The number of ether oxygens (including phenoxy) is 1. The fourth-order valence-corrected chi connectivity index (χ4v) is 3.36. The van der Waals surface area contributed by atoms with Crippen molar-refractivity contribution in [2.75, 3.05) is 12.1 Å². The number of hydrazone groups is 1. The normalized spacial score (nSPS) is 16.0. The number of rotatable bonds is 5. The maximum Gasteiger partial charge on any atom is 0.269 e. The van der Waals surface area contributed by atoms with E-state index in [0.29, 0.717) is 6.42 Å². The fourth-order valence-electron chi connectivity index (χ4n) is 3.36. The number of benzene rings is 3. The summed E-state index contributed by atoms with van der Waals surface area (Å²) in [5.74, 6) is 0.800. The maximum atomic E-state index is 11.0. The third-order valence-electron chi connectivity index (χ3n) is 4.84. The zero-order chi connectivity index (χ0) is 19.5. The quantitative estimate of drug-likeness (QED) is 0.468. The lowest BCUT2D eigenvalue weighted by Crippen LogP contribution is -2.18. The second-order valence-electron chi connectivity index (χ2n) is 6.52. The molecule has 140 valence electrons. The molecule has 1 heterocycles. The molecule has 4 rings (SSSR count). The maximum absolute atomic E-state index is 11.0. The average molecular weight is 373 g/mol. The summed E-state index contributed by atoms with van der Waals surface area (Å²) in [6.45, 7) is 0. The van der Waals surface area contributed by atoms with Gasteiger partial charge in [-0.2, -0.15) is 5.10 Å². The lowest BCUT2D eigenvalue weighted by atomic mass is 9.98. The van der Waals surface area contributed by atoms with Crippen LogP contribution in [-0.4, -0.2) is 17.7 Å². The van der Waals surface area contributed by atoms with Crippen LogP contribution in [0, 0.1) is 10.1 Å². The summed E-state index contributed by atoms with van der Waals surface area (Å²) in [6.07, 6.45) is 0.707. The second-order valence-corrected chi connectivity index (χ2v) is 6.52. The molecule has 0 aromatic heterocycles. The van der Waals surface area contributed by atoms with E-state index < -0.39 is 0 Å². The Kier molecular flexibility index (Phi) is 4.76. The third kappa shape index (κ3) is 3.44. The first-order chi connectivity index (χ1) is 13.7. The van der Waals surface area contributed by atoms with Gasteiger partial charge in [0, 0.05) is 18.6 Å². The van der Waals surface area contributed by atoms with Gasteiger partial charge in [0.05, 0.1) is 29.5 Å². The molecular formula is C22H19N3O3. The number of anilines is 1. The fraction of sp³-hybridized carbons (Fsp3) is 0.136. The van der Waals surface area contributed by atoms with Gasteiger partial charge < -0.3 is 4.74 Å². The highest BCUT2D eigenvalue weighted by Gasteiger charge is 2.30. The van der Waals surface area contributed by atoms with Crippen LogP contribution in [0.4, 0.5) is 11.4 Å². The Morgan fingerprint density at radius 1 is 1.00 bits per heavy atom. The zero-order valence-electron chi connectivity index (χ0n) is 15.4. The smallest absolute Gasteiger partial charge is 0.269 e. The first-order valence-electron chi connectivity index (χ1n) is 8.96. The van der Waals surface area contributed by atoms with Crippen LogP contribution < -0.4 is 9.75 Å². The van der Waals surface area contributed by atoms with Gasteiger partial charge in [0.2, 0.25) is 0 Å². The van der Waals surface area contributed by atoms with Crippen LogP contribution in [0.15, 0.2) is 84.0 Å². The first-order valence-corrected chi connectivity index (χ1v) is 8.96. The van der Waals surface area contributed by atoms with Gasteiger partial charge in [-0.25, -0.2) is 0 Å². The average Bonchev–Trinajstić information content (AvgIpc) is 3.20. The van der Waals surface area contributed by atoms with Crippen molar-refractivity contribution < 1.29 is 9.66 Å². The van der Waals surface area contributed by atoms with E-state index in [0.717, 1.165) is 28.3 Å². The van der Waals surface area contributed by atoms with Crippen molar-refractivity contribution in [3.05, 3.63) is 100 Å². The first kappa shape index (κ1) is 17.7. The monoisotopic (exact) mass is 373 g/mol. The molecule has 28 heavy (non-hydrogen) atoms. The number of nitro benzene ring substituents is 1. The zero-order valence-corrected chi connectivity index (χ0v) is 15.4. The van der Waals surface area contributed by atoms with E-state index in [1.54, 1.807) is 19.2 Å². The van der Waals surface area contributed by atoms with Crippen LogP contribution in [0.2, 0.25) is 0 Å². The molecule has 0 saturated carbocycles. The molecule has 1 atom stereocenters. The van der Waals surface area contributed by atoms with Crippen LogP contribution in [0.3, 0.4) is 0 Å². The minimum absolute atomic E-state index is 0.0275. The van der Waals surface area contributed by atoms with E-state index in [1.807, 2.05) is 71.7 Å². The molecule has 0 spiro atoms. The van der Waals surface area contributed by atoms with Crippen LogP contribution in [0.5, 0.6) is 5.75 Å². The number of non-ortho nitro benzene ring substituents is 1. The van der Waals surface area contributed by atoms with Crippen molar-refractivity contribution in [3.8, 4) is 5.75 Å². The van der Waals surface area contributed by atoms with E-state index in [2.05, 4.69) is 0 Å². The molecule has 0 amide bonds.